The van der Waals surface area contributed by atoms with Crippen molar-refractivity contribution < 1.29 is 4.79 Å². The van der Waals surface area contributed by atoms with Crippen LogP contribution in [-0.2, 0) is 24.3 Å². The molecule has 1 N–H and O–H groups in total. The van der Waals surface area contributed by atoms with Crippen molar-refractivity contribution in [2.24, 2.45) is 5.92 Å². The maximum absolute atomic E-state index is 12.9. The maximum Gasteiger partial charge on any atom is 0.227 e. The minimum atomic E-state index is 0.0523. The van der Waals surface area contributed by atoms with Crippen molar-refractivity contribution in [1.82, 2.24) is 24.6 Å². The van der Waals surface area contributed by atoms with E-state index in [9.17, 15) is 4.79 Å². The molecular formula is C24H30N6OS. The number of carbonyl (C=O) groups is 1. The van der Waals surface area contributed by atoms with Gasteiger partial charge in [-0.3, -0.25) is 9.69 Å². The molecule has 2 aromatic heterocycles. The van der Waals surface area contributed by atoms with E-state index in [1.165, 1.54) is 12.8 Å². The molecule has 2 aliphatic rings. The van der Waals surface area contributed by atoms with Crippen molar-refractivity contribution in [3.63, 3.8) is 0 Å². The molecule has 8 heteroatoms. The minimum absolute atomic E-state index is 0.0523. The molecule has 1 amide bonds. The van der Waals surface area contributed by atoms with Crippen LogP contribution >= 0.6 is 11.3 Å². The number of rotatable bonds is 5. The summed E-state index contributed by atoms with van der Waals surface area (Å²) in [5.41, 5.74) is 2.98. The van der Waals surface area contributed by atoms with Crippen molar-refractivity contribution >= 4 is 22.9 Å². The normalized spacial score (nSPS) is 17.7. The lowest BCUT2D eigenvalue weighted by Crippen LogP contribution is -2.37. The number of aromatic nitrogens is 4. The third kappa shape index (κ3) is 4.76. The molecule has 0 saturated carbocycles. The van der Waals surface area contributed by atoms with E-state index in [1.807, 2.05) is 25.1 Å². The first-order valence-electron chi connectivity index (χ1n) is 11.6. The van der Waals surface area contributed by atoms with Gasteiger partial charge < -0.3 is 9.88 Å². The van der Waals surface area contributed by atoms with Crippen LogP contribution in [-0.4, -0.2) is 43.6 Å². The number of benzene rings is 1. The summed E-state index contributed by atoms with van der Waals surface area (Å²) in [7, 11) is 0. The van der Waals surface area contributed by atoms with Gasteiger partial charge in [-0.05, 0) is 57.8 Å². The molecule has 4 heterocycles. The summed E-state index contributed by atoms with van der Waals surface area (Å²) in [5, 5.41) is 15.3. The Bertz CT molecular complexity index is 1080. The van der Waals surface area contributed by atoms with Crippen LogP contribution in [0, 0.1) is 12.8 Å². The number of piperidine rings is 1. The zero-order chi connectivity index (χ0) is 21.9. The average molecular weight is 451 g/mol. The monoisotopic (exact) mass is 450 g/mol. The van der Waals surface area contributed by atoms with Crippen molar-refractivity contribution in [2.45, 2.75) is 58.5 Å². The zero-order valence-corrected chi connectivity index (χ0v) is 19.4. The van der Waals surface area contributed by atoms with Crippen LogP contribution in [0.15, 0.2) is 29.6 Å². The number of hydrogen-bond donors (Lipinski definition) is 1. The Labute approximate surface area is 192 Å². The Morgan fingerprint density at radius 1 is 1.16 bits per heavy atom. The van der Waals surface area contributed by atoms with Gasteiger partial charge in [-0.25, -0.2) is 4.98 Å². The molecular weight excluding hydrogens is 420 g/mol. The molecule has 1 aromatic carbocycles. The van der Waals surface area contributed by atoms with E-state index in [2.05, 4.69) is 41.4 Å². The van der Waals surface area contributed by atoms with Crippen LogP contribution in [0.5, 0.6) is 0 Å². The number of thiazole rings is 1. The first-order chi connectivity index (χ1) is 15.7. The Hall–Kier alpha value is -2.58. The predicted octanol–water partition coefficient (Wildman–Crippen LogP) is 4.29. The molecule has 0 aliphatic carbocycles. The Balaban J connectivity index is 1.20. The van der Waals surface area contributed by atoms with Crippen LogP contribution in [0.25, 0.3) is 11.4 Å². The van der Waals surface area contributed by atoms with E-state index in [4.69, 9.17) is 0 Å². The second-order valence-corrected chi connectivity index (χ2v) is 9.94. The molecule has 2 aliphatic heterocycles. The lowest BCUT2D eigenvalue weighted by atomic mass is 9.95. The molecule has 7 nitrogen and oxygen atoms in total. The number of nitrogens with one attached hydrogen (secondary N) is 1. The summed E-state index contributed by atoms with van der Waals surface area (Å²) in [6.07, 6.45) is 6.33. The van der Waals surface area contributed by atoms with Gasteiger partial charge in [-0.2, -0.15) is 0 Å². The van der Waals surface area contributed by atoms with Crippen LogP contribution in [0.1, 0.15) is 48.6 Å². The first-order valence-corrected chi connectivity index (χ1v) is 12.5. The van der Waals surface area contributed by atoms with Gasteiger partial charge in [0.2, 0.25) is 5.91 Å². The van der Waals surface area contributed by atoms with E-state index in [0.29, 0.717) is 0 Å². The average Bonchev–Trinajstić information content (AvgIpc) is 3.32. The quantitative estimate of drug-likeness (QED) is 0.628. The molecule has 1 saturated heterocycles. The fourth-order valence-corrected chi connectivity index (χ4v) is 5.35. The van der Waals surface area contributed by atoms with Crippen LogP contribution in [0.3, 0.4) is 0 Å². The largest absolute Gasteiger partial charge is 0.326 e. The van der Waals surface area contributed by atoms with Crippen molar-refractivity contribution in [3.8, 4) is 11.4 Å². The maximum atomic E-state index is 12.9. The highest BCUT2D eigenvalue weighted by molar-refractivity contribution is 7.09. The number of amides is 1. The summed E-state index contributed by atoms with van der Waals surface area (Å²) in [6.45, 7) is 5.75. The zero-order valence-electron chi connectivity index (χ0n) is 18.6. The number of fused-ring (bicyclic) bond motifs is 1. The van der Waals surface area contributed by atoms with E-state index in [-0.39, 0.29) is 11.8 Å². The third-order valence-corrected chi connectivity index (χ3v) is 7.33. The molecule has 0 unspecified atom stereocenters. The van der Waals surface area contributed by atoms with E-state index in [1.54, 1.807) is 11.3 Å². The lowest BCUT2D eigenvalue weighted by Gasteiger charge is -2.30. The van der Waals surface area contributed by atoms with Gasteiger partial charge in [0.05, 0.1) is 10.7 Å². The predicted molar refractivity (Wildman–Crippen MR) is 126 cm³/mol. The second kappa shape index (κ2) is 9.50. The number of nitrogens with zero attached hydrogens (tertiary/aromatic N) is 5. The van der Waals surface area contributed by atoms with Gasteiger partial charge in [0, 0.05) is 42.1 Å². The third-order valence-electron chi connectivity index (χ3n) is 6.51. The molecule has 0 bridgehead atoms. The van der Waals surface area contributed by atoms with Crippen molar-refractivity contribution in [1.29, 1.82) is 0 Å². The summed E-state index contributed by atoms with van der Waals surface area (Å²) in [5.74, 6) is 2.15. The molecule has 1 fully saturated rings. The summed E-state index contributed by atoms with van der Waals surface area (Å²) >= 11 is 1.70. The number of likely N-dealkylation sites (tertiary alicyclic amines) is 1. The van der Waals surface area contributed by atoms with Gasteiger partial charge >= 0.3 is 0 Å². The molecule has 5 rings (SSSR count). The number of carbonyl (C=O) groups excluding carboxylic acids is 1. The van der Waals surface area contributed by atoms with E-state index < -0.39 is 0 Å². The molecule has 0 atom stereocenters. The smallest absolute Gasteiger partial charge is 0.227 e. The summed E-state index contributed by atoms with van der Waals surface area (Å²) < 4.78 is 2.24. The van der Waals surface area contributed by atoms with Crippen LogP contribution < -0.4 is 5.32 Å². The Kier molecular flexibility index (Phi) is 6.32. The molecule has 32 heavy (non-hydrogen) atoms. The highest BCUT2D eigenvalue weighted by Crippen LogP contribution is 2.26. The molecule has 3 aromatic rings. The summed E-state index contributed by atoms with van der Waals surface area (Å²) in [6, 6.07) is 8.03. The SMILES string of the molecule is Cc1nc(CN2CCC(C(=O)Nc3cccc(-c4nnc5n4CCCCC5)c3)CC2)cs1. The minimum Gasteiger partial charge on any atom is -0.326 e. The van der Waals surface area contributed by atoms with Gasteiger partial charge in [0.1, 0.15) is 5.82 Å². The van der Waals surface area contributed by atoms with E-state index in [0.717, 1.165) is 85.5 Å². The fraction of sp³-hybridized carbons (Fsp3) is 0.500. The van der Waals surface area contributed by atoms with Crippen molar-refractivity contribution in [2.75, 3.05) is 18.4 Å². The van der Waals surface area contributed by atoms with Gasteiger partial charge in [-0.1, -0.05) is 18.6 Å². The fourth-order valence-electron chi connectivity index (χ4n) is 4.74. The van der Waals surface area contributed by atoms with Gasteiger partial charge in [0.15, 0.2) is 5.82 Å². The second-order valence-electron chi connectivity index (χ2n) is 8.88. The van der Waals surface area contributed by atoms with Gasteiger partial charge in [-0.15, -0.1) is 21.5 Å². The summed E-state index contributed by atoms with van der Waals surface area (Å²) in [4.78, 5) is 19.9. The number of hydrogen-bond acceptors (Lipinski definition) is 6. The van der Waals surface area contributed by atoms with Crippen LogP contribution in [0.2, 0.25) is 0 Å². The Morgan fingerprint density at radius 3 is 2.84 bits per heavy atom. The standard InChI is InChI=1S/C24H30N6OS/c1-17-25-21(16-32-17)15-29-12-9-18(10-13-29)24(31)26-20-7-5-6-19(14-20)23-28-27-22-8-3-2-4-11-30(22)23/h5-7,14,16,18H,2-4,8-13,15H2,1H3,(H,26,31). The molecule has 0 spiro atoms. The first kappa shape index (κ1) is 21.3. The number of anilines is 1. The molecule has 168 valence electrons. The number of aryl methyl sites for hydroxylation is 2. The highest BCUT2D eigenvalue weighted by atomic mass is 32.1. The highest BCUT2D eigenvalue weighted by Gasteiger charge is 2.25. The Morgan fingerprint density at radius 2 is 2.03 bits per heavy atom. The van der Waals surface area contributed by atoms with Crippen LogP contribution in [0.4, 0.5) is 5.69 Å². The van der Waals surface area contributed by atoms with Crippen molar-refractivity contribution in [3.05, 3.63) is 46.2 Å². The lowest BCUT2D eigenvalue weighted by molar-refractivity contribution is -0.121. The van der Waals surface area contributed by atoms with E-state index >= 15 is 0 Å². The molecule has 0 radical (unpaired) electrons. The van der Waals surface area contributed by atoms with Gasteiger partial charge in [0.25, 0.3) is 0 Å². The topological polar surface area (TPSA) is 75.9 Å².